The minimum absolute atomic E-state index is 0.134. The normalized spacial score (nSPS) is 12.2. The van der Waals surface area contributed by atoms with Crippen molar-refractivity contribution in [2.75, 3.05) is 0 Å². The van der Waals surface area contributed by atoms with Crippen LogP contribution in [0.25, 0.3) is 11.0 Å². The monoisotopic (exact) mass is 247 g/mol. The summed E-state index contributed by atoms with van der Waals surface area (Å²) in [5.41, 5.74) is 7.62. The van der Waals surface area contributed by atoms with E-state index in [0.717, 1.165) is 28.7 Å². The first-order valence-corrected chi connectivity index (χ1v) is 6.40. The van der Waals surface area contributed by atoms with E-state index in [0.29, 0.717) is 13.2 Å². The van der Waals surface area contributed by atoms with Crippen LogP contribution in [0.1, 0.15) is 38.5 Å². The van der Waals surface area contributed by atoms with Crippen LogP contribution in [0.5, 0.6) is 0 Å². The van der Waals surface area contributed by atoms with E-state index in [2.05, 4.69) is 20.8 Å². The highest BCUT2D eigenvalue weighted by molar-refractivity contribution is 5.82. The zero-order chi connectivity index (χ0) is 13.2. The lowest BCUT2D eigenvalue weighted by molar-refractivity contribution is -0.0382. The van der Waals surface area contributed by atoms with Crippen LogP contribution in [0.2, 0.25) is 0 Å². The molecule has 3 heteroatoms. The Labute approximate surface area is 108 Å². The number of hydrogen-bond acceptors (Lipinski definition) is 3. The topological polar surface area (TPSA) is 48.4 Å². The molecule has 2 rings (SSSR count). The molecule has 0 saturated carbocycles. The summed E-state index contributed by atoms with van der Waals surface area (Å²) in [5.74, 6) is 0.847. The van der Waals surface area contributed by atoms with E-state index < -0.39 is 0 Å². The first kappa shape index (κ1) is 13.1. The van der Waals surface area contributed by atoms with E-state index in [1.807, 2.05) is 24.3 Å². The predicted molar refractivity (Wildman–Crippen MR) is 73.3 cm³/mol. The second-order valence-corrected chi connectivity index (χ2v) is 5.11. The molecule has 18 heavy (non-hydrogen) atoms. The van der Waals surface area contributed by atoms with Gasteiger partial charge in [-0.2, -0.15) is 0 Å². The highest BCUT2D eigenvalue weighted by Crippen LogP contribution is 2.27. The minimum Gasteiger partial charge on any atom is -0.458 e. The van der Waals surface area contributed by atoms with Gasteiger partial charge in [0.2, 0.25) is 0 Å². The molecule has 2 aromatic rings. The molecule has 1 aromatic heterocycles. The second-order valence-electron chi connectivity index (χ2n) is 5.11. The SMILES string of the molecule is CCC(C)(C)OCc1oc2ccccc2c1CN. The lowest BCUT2D eigenvalue weighted by Gasteiger charge is -2.22. The maximum Gasteiger partial charge on any atom is 0.135 e. The van der Waals surface area contributed by atoms with Crippen molar-refractivity contribution in [2.24, 2.45) is 5.73 Å². The number of furan rings is 1. The van der Waals surface area contributed by atoms with Crippen molar-refractivity contribution in [3.63, 3.8) is 0 Å². The van der Waals surface area contributed by atoms with Crippen LogP contribution in [0.3, 0.4) is 0 Å². The van der Waals surface area contributed by atoms with Gasteiger partial charge < -0.3 is 14.9 Å². The van der Waals surface area contributed by atoms with Gasteiger partial charge in [0.15, 0.2) is 0 Å². The fourth-order valence-corrected chi connectivity index (χ4v) is 1.85. The average molecular weight is 247 g/mol. The summed E-state index contributed by atoms with van der Waals surface area (Å²) in [4.78, 5) is 0. The maximum absolute atomic E-state index is 5.89. The van der Waals surface area contributed by atoms with Crippen LogP contribution in [0.15, 0.2) is 28.7 Å². The zero-order valence-corrected chi connectivity index (χ0v) is 11.3. The summed E-state index contributed by atoms with van der Waals surface area (Å²) in [6.45, 7) is 7.22. The number of ether oxygens (including phenoxy) is 1. The molecule has 0 aliphatic heterocycles. The summed E-state index contributed by atoms with van der Waals surface area (Å²) in [5, 5.41) is 1.09. The Morgan fingerprint density at radius 2 is 2.00 bits per heavy atom. The Bertz CT molecular complexity index is 528. The van der Waals surface area contributed by atoms with Crippen LogP contribution in [-0.4, -0.2) is 5.60 Å². The maximum atomic E-state index is 5.89. The zero-order valence-electron chi connectivity index (χ0n) is 11.3. The Morgan fingerprint density at radius 3 is 2.67 bits per heavy atom. The van der Waals surface area contributed by atoms with Crippen molar-refractivity contribution >= 4 is 11.0 Å². The summed E-state index contributed by atoms with van der Waals surface area (Å²) < 4.78 is 11.7. The molecule has 1 heterocycles. The first-order chi connectivity index (χ1) is 8.57. The van der Waals surface area contributed by atoms with E-state index in [4.69, 9.17) is 14.9 Å². The number of benzene rings is 1. The van der Waals surface area contributed by atoms with Crippen molar-refractivity contribution in [3.8, 4) is 0 Å². The van der Waals surface area contributed by atoms with Crippen LogP contribution in [0.4, 0.5) is 0 Å². The van der Waals surface area contributed by atoms with E-state index in [1.54, 1.807) is 0 Å². The van der Waals surface area contributed by atoms with E-state index in [-0.39, 0.29) is 5.60 Å². The van der Waals surface area contributed by atoms with Crippen LogP contribution in [0, 0.1) is 0 Å². The van der Waals surface area contributed by atoms with E-state index in [9.17, 15) is 0 Å². The largest absolute Gasteiger partial charge is 0.458 e. The van der Waals surface area contributed by atoms with Crippen molar-refractivity contribution in [2.45, 2.75) is 45.9 Å². The molecule has 0 atom stereocenters. The number of fused-ring (bicyclic) bond motifs is 1. The fraction of sp³-hybridized carbons (Fsp3) is 0.467. The summed E-state index contributed by atoms with van der Waals surface area (Å²) in [7, 11) is 0. The third kappa shape index (κ3) is 2.57. The van der Waals surface area contributed by atoms with Crippen molar-refractivity contribution < 1.29 is 9.15 Å². The van der Waals surface area contributed by atoms with Gasteiger partial charge in [0, 0.05) is 17.5 Å². The van der Waals surface area contributed by atoms with Gasteiger partial charge in [-0.3, -0.25) is 0 Å². The molecular formula is C15H21NO2. The predicted octanol–water partition coefficient (Wildman–Crippen LogP) is 3.60. The van der Waals surface area contributed by atoms with Crippen molar-refractivity contribution in [1.82, 2.24) is 0 Å². The van der Waals surface area contributed by atoms with Gasteiger partial charge in [0.1, 0.15) is 18.0 Å². The third-order valence-corrected chi connectivity index (χ3v) is 3.43. The van der Waals surface area contributed by atoms with Crippen molar-refractivity contribution in [1.29, 1.82) is 0 Å². The molecule has 1 aromatic carbocycles. The van der Waals surface area contributed by atoms with Gasteiger partial charge in [-0.15, -0.1) is 0 Å². The molecule has 0 amide bonds. The second kappa shape index (κ2) is 5.12. The van der Waals surface area contributed by atoms with Gasteiger partial charge in [-0.05, 0) is 26.3 Å². The van der Waals surface area contributed by atoms with Gasteiger partial charge in [-0.25, -0.2) is 0 Å². The minimum atomic E-state index is -0.134. The lowest BCUT2D eigenvalue weighted by Crippen LogP contribution is -2.22. The summed E-state index contributed by atoms with van der Waals surface area (Å²) >= 11 is 0. The Kier molecular flexibility index (Phi) is 3.73. The molecule has 3 nitrogen and oxygen atoms in total. The van der Waals surface area contributed by atoms with Gasteiger partial charge in [0.25, 0.3) is 0 Å². The standard InChI is InChI=1S/C15H21NO2/c1-4-15(2,3)17-10-14-12(9-16)11-7-5-6-8-13(11)18-14/h5-8H,4,9-10,16H2,1-3H3. The van der Waals surface area contributed by atoms with E-state index in [1.165, 1.54) is 0 Å². The average Bonchev–Trinajstić information content (AvgIpc) is 2.74. The molecule has 0 saturated heterocycles. The number of nitrogens with two attached hydrogens (primary N) is 1. The Balaban J connectivity index is 2.28. The number of rotatable bonds is 5. The molecule has 0 unspecified atom stereocenters. The highest BCUT2D eigenvalue weighted by atomic mass is 16.5. The smallest absolute Gasteiger partial charge is 0.135 e. The Morgan fingerprint density at radius 1 is 1.28 bits per heavy atom. The van der Waals surface area contributed by atoms with Gasteiger partial charge in [0.05, 0.1) is 5.60 Å². The highest BCUT2D eigenvalue weighted by Gasteiger charge is 2.19. The van der Waals surface area contributed by atoms with Crippen LogP contribution >= 0.6 is 0 Å². The molecule has 0 radical (unpaired) electrons. The fourth-order valence-electron chi connectivity index (χ4n) is 1.85. The molecule has 98 valence electrons. The first-order valence-electron chi connectivity index (χ1n) is 6.40. The third-order valence-electron chi connectivity index (χ3n) is 3.43. The quantitative estimate of drug-likeness (QED) is 0.878. The summed E-state index contributed by atoms with van der Waals surface area (Å²) in [6, 6.07) is 7.96. The number of para-hydroxylation sites is 1. The molecule has 0 spiro atoms. The number of hydrogen-bond donors (Lipinski definition) is 1. The Hall–Kier alpha value is -1.32. The van der Waals surface area contributed by atoms with E-state index >= 15 is 0 Å². The van der Waals surface area contributed by atoms with Crippen molar-refractivity contribution in [3.05, 3.63) is 35.6 Å². The van der Waals surface area contributed by atoms with Crippen LogP contribution < -0.4 is 5.73 Å². The summed E-state index contributed by atoms with van der Waals surface area (Å²) in [6.07, 6.45) is 0.963. The molecule has 2 N–H and O–H groups in total. The van der Waals surface area contributed by atoms with Crippen LogP contribution in [-0.2, 0) is 17.9 Å². The van der Waals surface area contributed by atoms with Gasteiger partial charge >= 0.3 is 0 Å². The molecular weight excluding hydrogens is 226 g/mol. The van der Waals surface area contributed by atoms with Gasteiger partial charge in [-0.1, -0.05) is 25.1 Å². The molecule has 0 fully saturated rings. The molecule has 0 bridgehead atoms. The lowest BCUT2D eigenvalue weighted by atomic mass is 10.1. The molecule has 0 aliphatic carbocycles. The molecule has 0 aliphatic rings.